The van der Waals surface area contributed by atoms with Gasteiger partial charge in [0.1, 0.15) is 0 Å². The lowest BCUT2D eigenvalue weighted by Gasteiger charge is -2.06. The van der Waals surface area contributed by atoms with Crippen molar-refractivity contribution in [3.05, 3.63) is 29.8 Å². The summed E-state index contributed by atoms with van der Waals surface area (Å²) in [5.41, 5.74) is 7.66. The number of hydrogen-bond donors (Lipinski definition) is 3. The summed E-state index contributed by atoms with van der Waals surface area (Å²) in [6.07, 6.45) is 1.71. The maximum Gasteiger partial charge on any atom is 0.0471 e. The van der Waals surface area contributed by atoms with Gasteiger partial charge in [-0.05, 0) is 37.1 Å². The van der Waals surface area contributed by atoms with Crippen molar-refractivity contribution in [2.45, 2.75) is 12.8 Å². The number of hydrogen-bond acceptors (Lipinski definition) is 3. The minimum Gasteiger partial charge on any atom is -0.396 e. The van der Waals surface area contributed by atoms with Crippen LogP contribution in [0.25, 0.3) is 0 Å². The predicted octanol–water partition coefficient (Wildman–Crippen LogP) is 0.982. The molecule has 0 bridgehead atoms. The Morgan fingerprint density at radius 3 is 2.50 bits per heavy atom. The molecule has 0 aliphatic carbocycles. The van der Waals surface area contributed by atoms with E-state index in [1.165, 1.54) is 0 Å². The average molecular weight is 194 g/mol. The Labute approximate surface area is 84.9 Å². The van der Waals surface area contributed by atoms with Crippen LogP contribution >= 0.6 is 0 Å². The summed E-state index contributed by atoms with van der Waals surface area (Å²) in [6.45, 7) is 1.84. The van der Waals surface area contributed by atoms with Gasteiger partial charge in [-0.1, -0.05) is 12.1 Å². The zero-order valence-electron chi connectivity index (χ0n) is 8.37. The second-order valence-corrected chi connectivity index (χ2v) is 3.24. The van der Waals surface area contributed by atoms with Crippen molar-refractivity contribution in [2.24, 2.45) is 5.73 Å². The molecular formula is C11H18N2O. The van der Waals surface area contributed by atoms with Gasteiger partial charge in [0.25, 0.3) is 0 Å². The summed E-state index contributed by atoms with van der Waals surface area (Å²) in [4.78, 5) is 0. The van der Waals surface area contributed by atoms with Gasteiger partial charge < -0.3 is 16.2 Å². The molecule has 1 rings (SSSR count). The van der Waals surface area contributed by atoms with Crippen molar-refractivity contribution < 1.29 is 5.11 Å². The average Bonchev–Trinajstić information content (AvgIpc) is 2.21. The van der Waals surface area contributed by atoms with E-state index in [0.29, 0.717) is 0 Å². The third-order valence-electron chi connectivity index (χ3n) is 2.06. The zero-order chi connectivity index (χ0) is 10.2. The van der Waals surface area contributed by atoms with E-state index in [0.717, 1.165) is 37.2 Å². The zero-order valence-corrected chi connectivity index (χ0v) is 8.37. The van der Waals surface area contributed by atoms with Crippen LogP contribution in [0.2, 0.25) is 0 Å². The molecule has 0 amide bonds. The van der Waals surface area contributed by atoms with Crippen LogP contribution in [0.15, 0.2) is 24.3 Å². The Morgan fingerprint density at radius 2 is 1.93 bits per heavy atom. The number of rotatable bonds is 6. The quantitative estimate of drug-likeness (QED) is 0.592. The van der Waals surface area contributed by atoms with Crippen molar-refractivity contribution in [3.63, 3.8) is 0 Å². The minimum absolute atomic E-state index is 0.208. The lowest BCUT2D eigenvalue weighted by atomic mass is 10.1. The Kier molecular flexibility index (Phi) is 5.04. The maximum absolute atomic E-state index is 8.73. The van der Waals surface area contributed by atoms with E-state index in [1.54, 1.807) is 0 Å². The summed E-state index contributed by atoms with van der Waals surface area (Å²) >= 11 is 0. The molecule has 0 unspecified atom stereocenters. The Morgan fingerprint density at radius 1 is 1.21 bits per heavy atom. The molecule has 0 atom stereocenters. The molecule has 1 aromatic rings. The van der Waals surface area contributed by atoms with Crippen LogP contribution < -0.4 is 11.1 Å². The largest absolute Gasteiger partial charge is 0.396 e. The fourth-order valence-electron chi connectivity index (χ4n) is 1.25. The van der Waals surface area contributed by atoms with Crippen LogP contribution in [-0.4, -0.2) is 24.8 Å². The van der Waals surface area contributed by atoms with E-state index in [2.05, 4.69) is 5.32 Å². The van der Waals surface area contributed by atoms with Crippen LogP contribution in [0.1, 0.15) is 12.0 Å². The molecule has 4 N–H and O–H groups in total. The summed E-state index contributed by atoms with van der Waals surface area (Å²) in [5, 5.41) is 12.0. The first-order chi connectivity index (χ1) is 6.86. The number of aliphatic hydroxyl groups is 1. The second kappa shape index (κ2) is 6.40. The molecule has 0 spiro atoms. The molecule has 14 heavy (non-hydrogen) atoms. The van der Waals surface area contributed by atoms with Gasteiger partial charge in [0.15, 0.2) is 0 Å². The molecule has 0 aliphatic heterocycles. The van der Waals surface area contributed by atoms with Crippen molar-refractivity contribution >= 4 is 5.69 Å². The second-order valence-electron chi connectivity index (χ2n) is 3.24. The third-order valence-corrected chi connectivity index (χ3v) is 2.06. The van der Waals surface area contributed by atoms with E-state index in [9.17, 15) is 0 Å². The molecule has 0 saturated heterocycles. The van der Waals surface area contributed by atoms with Gasteiger partial charge in [-0.25, -0.2) is 0 Å². The lowest BCUT2D eigenvalue weighted by Crippen LogP contribution is -2.08. The molecule has 0 radical (unpaired) electrons. The van der Waals surface area contributed by atoms with E-state index in [1.807, 2.05) is 24.3 Å². The molecular weight excluding hydrogens is 176 g/mol. The fourth-order valence-corrected chi connectivity index (χ4v) is 1.25. The van der Waals surface area contributed by atoms with Gasteiger partial charge in [0.05, 0.1) is 0 Å². The first kappa shape index (κ1) is 11.0. The Hall–Kier alpha value is -1.06. The third kappa shape index (κ3) is 3.77. The summed E-state index contributed by atoms with van der Waals surface area (Å²) < 4.78 is 0. The van der Waals surface area contributed by atoms with Gasteiger partial charge in [0.2, 0.25) is 0 Å². The van der Waals surface area contributed by atoms with Crippen molar-refractivity contribution in [1.82, 2.24) is 0 Å². The minimum atomic E-state index is 0.208. The highest BCUT2D eigenvalue weighted by Gasteiger charge is 1.93. The summed E-state index contributed by atoms with van der Waals surface area (Å²) in [7, 11) is 0. The number of nitrogens with one attached hydrogen (secondary N) is 1. The number of nitrogens with two attached hydrogens (primary N) is 1. The molecule has 1 aromatic carbocycles. The van der Waals surface area contributed by atoms with Crippen molar-refractivity contribution in [1.29, 1.82) is 0 Å². The molecule has 0 heterocycles. The first-order valence-corrected chi connectivity index (χ1v) is 5.00. The highest BCUT2D eigenvalue weighted by atomic mass is 16.2. The van der Waals surface area contributed by atoms with Crippen molar-refractivity contribution in [3.8, 4) is 0 Å². The van der Waals surface area contributed by atoms with Crippen LogP contribution in [0.4, 0.5) is 5.69 Å². The van der Waals surface area contributed by atoms with E-state index in [-0.39, 0.29) is 6.61 Å². The van der Waals surface area contributed by atoms with E-state index >= 15 is 0 Å². The van der Waals surface area contributed by atoms with Crippen LogP contribution in [0.3, 0.4) is 0 Å². The Bertz CT molecular complexity index is 246. The highest BCUT2D eigenvalue weighted by molar-refractivity contribution is 5.44. The lowest BCUT2D eigenvalue weighted by molar-refractivity contribution is 0.299. The van der Waals surface area contributed by atoms with Crippen LogP contribution in [0, 0.1) is 0 Å². The van der Waals surface area contributed by atoms with Gasteiger partial charge in [-0.3, -0.25) is 0 Å². The van der Waals surface area contributed by atoms with Gasteiger partial charge in [-0.2, -0.15) is 0 Å². The Balaban J connectivity index is 2.38. The number of benzene rings is 1. The van der Waals surface area contributed by atoms with Gasteiger partial charge >= 0.3 is 0 Å². The fraction of sp³-hybridized carbons (Fsp3) is 0.455. The van der Waals surface area contributed by atoms with Crippen LogP contribution in [-0.2, 0) is 6.42 Å². The van der Waals surface area contributed by atoms with Gasteiger partial charge in [-0.15, -0.1) is 0 Å². The molecule has 3 nitrogen and oxygen atoms in total. The number of anilines is 1. The van der Waals surface area contributed by atoms with Crippen molar-refractivity contribution in [2.75, 3.05) is 25.0 Å². The highest BCUT2D eigenvalue weighted by Crippen LogP contribution is 2.09. The molecule has 0 aromatic heterocycles. The maximum atomic E-state index is 8.73. The summed E-state index contributed by atoms with van der Waals surface area (Å²) in [6, 6.07) is 8.12. The van der Waals surface area contributed by atoms with E-state index in [4.69, 9.17) is 10.8 Å². The molecule has 0 saturated carbocycles. The standard InChI is InChI=1S/C11H18N2O/c12-7-1-8-13-11-4-2-10(3-5-11)6-9-14/h2-5,13-14H,1,6-9,12H2. The molecule has 0 aliphatic rings. The van der Waals surface area contributed by atoms with Crippen LogP contribution in [0.5, 0.6) is 0 Å². The summed E-state index contributed by atoms with van der Waals surface area (Å²) in [5.74, 6) is 0. The normalized spacial score (nSPS) is 10.1. The van der Waals surface area contributed by atoms with Gasteiger partial charge in [0, 0.05) is 18.8 Å². The molecule has 78 valence electrons. The smallest absolute Gasteiger partial charge is 0.0471 e. The monoisotopic (exact) mass is 194 g/mol. The first-order valence-electron chi connectivity index (χ1n) is 5.00. The molecule has 3 heteroatoms. The SMILES string of the molecule is NCCCNc1ccc(CCO)cc1. The topological polar surface area (TPSA) is 58.3 Å². The predicted molar refractivity (Wildman–Crippen MR) is 59.4 cm³/mol. The van der Waals surface area contributed by atoms with E-state index < -0.39 is 0 Å². The number of aliphatic hydroxyl groups excluding tert-OH is 1. The molecule has 0 fully saturated rings.